The van der Waals surface area contributed by atoms with Crippen molar-refractivity contribution in [2.45, 2.75) is 19.4 Å². The molecule has 0 unspecified atom stereocenters. The van der Waals surface area contributed by atoms with Crippen molar-refractivity contribution in [3.8, 4) is 0 Å². The van der Waals surface area contributed by atoms with E-state index in [2.05, 4.69) is 26.5 Å². The summed E-state index contributed by atoms with van der Waals surface area (Å²) in [5, 5.41) is 4.30. The molecule has 108 valence electrons. The van der Waals surface area contributed by atoms with E-state index in [1.807, 2.05) is 19.0 Å². The minimum Gasteiger partial charge on any atom is -0.379 e. The molecule has 1 atom stereocenters. The van der Waals surface area contributed by atoms with Gasteiger partial charge in [0.2, 0.25) is 11.1 Å². The van der Waals surface area contributed by atoms with Crippen LogP contribution in [0.15, 0.2) is 0 Å². The van der Waals surface area contributed by atoms with Crippen LogP contribution in [0.2, 0.25) is 0 Å². The molecular formula is C12H23N5OS. The molecule has 0 bridgehead atoms. The van der Waals surface area contributed by atoms with Gasteiger partial charge >= 0.3 is 0 Å². The lowest BCUT2D eigenvalue weighted by Crippen LogP contribution is -2.46. The number of ether oxygens (including phenoxy) is 1. The van der Waals surface area contributed by atoms with E-state index in [9.17, 15) is 0 Å². The van der Waals surface area contributed by atoms with Gasteiger partial charge in [0, 0.05) is 51.3 Å². The normalized spacial score (nSPS) is 18.3. The Morgan fingerprint density at radius 3 is 2.74 bits per heavy atom. The van der Waals surface area contributed by atoms with Crippen molar-refractivity contribution in [3.63, 3.8) is 0 Å². The van der Waals surface area contributed by atoms with Crippen LogP contribution in [0.5, 0.6) is 0 Å². The Morgan fingerprint density at radius 2 is 2.16 bits per heavy atom. The van der Waals surface area contributed by atoms with E-state index < -0.39 is 0 Å². The molecule has 0 aromatic carbocycles. The van der Waals surface area contributed by atoms with Gasteiger partial charge in [-0.3, -0.25) is 4.90 Å². The number of anilines is 2. The van der Waals surface area contributed by atoms with Crippen molar-refractivity contribution in [3.05, 3.63) is 0 Å². The van der Waals surface area contributed by atoms with Gasteiger partial charge in [0.15, 0.2) is 0 Å². The predicted molar refractivity (Wildman–Crippen MR) is 79.2 cm³/mol. The van der Waals surface area contributed by atoms with E-state index in [1.54, 1.807) is 0 Å². The van der Waals surface area contributed by atoms with Gasteiger partial charge in [-0.15, -0.1) is 0 Å². The summed E-state index contributed by atoms with van der Waals surface area (Å²) in [5.41, 5.74) is 0. The average molecular weight is 285 g/mol. The van der Waals surface area contributed by atoms with Crippen LogP contribution in [0.4, 0.5) is 11.1 Å². The van der Waals surface area contributed by atoms with Crippen LogP contribution in [0.25, 0.3) is 0 Å². The molecule has 19 heavy (non-hydrogen) atoms. The molecule has 2 heterocycles. The van der Waals surface area contributed by atoms with Crippen LogP contribution in [0, 0.1) is 0 Å². The average Bonchev–Trinajstić information content (AvgIpc) is 2.90. The summed E-state index contributed by atoms with van der Waals surface area (Å²) in [7, 11) is 3.91. The fourth-order valence-electron chi connectivity index (χ4n) is 2.15. The first-order valence-corrected chi connectivity index (χ1v) is 7.54. The zero-order chi connectivity index (χ0) is 13.7. The number of aromatic nitrogens is 2. The smallest absolute Gasteiger partial charge is 0.238 e. The van der Waals surface area contributed by atoms with Crippen LogP contribution in [0.3, 0.4) is 0 Å². The summed E-state index contributed by atoms with van der Waals surface area (Å²) >= 11 is 1.42. The quantitative estimate of drug-likeness (QED) is 0.845. The Labute approximate surface area is 118 Å². The third kappa shape index (κ3) is 4.02. The second-order valence-corrected chi connectivity index (χ2v) is 5.64. The summed E-state index contributed by atoms with van der Waals surface area (Å²) in [6, 6.07) is 0.538. The molecule has 7 heteroatoms. The molecule has 0 aliphatic carbocycles. The van der Waals surface area contributed by atoms with Crippen LogP contribution >= 0.6 is 11.5 Å². The summed E-state index contributed by atoms with van der Waals surface area (Å²) < 4.78 is 9.69. The zero-order valence-electron chi connectivity index (χ0n) is 11.9. The second kappa shape index (κ2) is 7.02. The van der Waals surface area contributed by atoms with Crippen LogP contribution in [-0.2, 0) is 4.74 Å². The van der Waals surface area contributed by atoms with Gasteiger partial charge in [-0.05, 0) is 6.42 Å². The summed E-state index contributed by atoms with van der Waals surface area (Å²) in [6.45, 7) is 6.89. The van der Waals surface area contributed by atoms with E-state index >= 15 is 0 Å². The minimum absolute atomic E-state index is 0.538. The first-order chi connectivity index (χ1) is 9.20. The van der Waals surface area contributed by atoms with E-state index in [0.29, 0.717) is 6.04 Å². The number of rotatable bonds is 6. The Hall–Kier alpha value is -0.920. The Bertz CT molecular complexity index is 378. The molecule has 1 N–H and O–H groups in total. The first kappa shape index (κ1) is 14.5. The molecule has 6 nitrogen and oxygen atoms in total. The highest BCUT2D eigenvalue weighted by Gasteiger charge is 2.19. The fraction of sp³-hybridized carbons (Fsp3) is 0.833. The monoisotopic (exact) mass is 285 g/mol. The Morgan fingerprint density at radius 1 is 1.42 bits per heavy atom. The molecule has 1 aliphatic rings. The maximum Gasteiger partial charge on any atom is 0.238 e. The van der Waals surface area contributed by atoms with Crippen molar-refractivity contribution >= 4 is 22.6 Å². The van der Waals surface area contributed by atoms with Crippen molar-refractivity contribution in [1.29, 1.82) is 0 Å². The van der Waals surface area contributed by atoms with Crippen molar-refractivity contribution in [2.75, 3.05) is 57.2 Å². The largest absolute Gasteiger partial charge is 0.379 e. The molecule has 0 saturated carbocycles. The molecular weight excluding hydrogens is 262 g/mol. The van der Waals surface area contributed by atoms with E-state index in [0.717, 1.165) is 50.3 Å². The number of nitrogens with zero attached hydrogens (tertiary/aromatic N) is 4. The van der Waals surface area contributed by atoms with Crippen molar-refractivity contribution < 1.29 is 4.74 Å². The third-order valence-corrected chi connectivity index (χ3v) is 4.00. The van der Waals surface area contributed by atoms with Gasteiger partial charge in [-0.25, -0.2) is 0 Å². The highest BCUT2D eigenvalue weighted by molar-refractivity contribution is 7.09. The third-order valence-electron chi connectivity index (χ3n) is 3.34. The molecule has 1 fully saturated rings. The lowest BCUT2D eigenvalue weighted by molar-refractivity contribution is 0.0184. The van der Waals surface area contributed by atoms with Crippen LogP contribution in [-0.4, -0.2) is 67.2 Å². The molecule has 1 aromatic rings. The number of hydrogen-bond donors (Lipinski definition) is 1. The summed E-state index contributed by atoms with van der Waals surface area (Å²) in [6.07, 6.45) is 1.13. The fourth-order valence-corrected chi connectivity index (χ4v) is 2.79. The maximum absolute atomic E-state index is 5.40. The lowest BCUT2D eigenvalue weighted by Gasteiger charge is -2.33. The molecule has 1 aliphatic heterocycles. The van der Waals surface area contributed by atoms with Crippen molar-refractivity contribution in [2.24, 2.45) is 0 Å². The molecule has 2 rings (SSSR count). The molecule has 0 amide bonds. The molecule has 1 saturated heterocycles. The highest BCUT2D eigenvalue weighted by Crippen LogP contribution is 2.17. The Balaban J connectivity index is 1.84. The maximum atomic E-state index is 5.40. The van der Waals surface area contributed by atoms with Crippen LogP contribution in [0.1, 0.15) is 13.3 Å². The Kier molecular flexibility index (Phi) is 5.35. The SMILES string of the molecule is CC[C@H](CNc1nc(N(C)C)ns1)N1CCOCC1. The van der Waals surface area contributed by atoms with E-state index in [4.69, 9.17) is 4.74 Å². The lowest BCUT2D eigenvalue weighted by atomic mass is 10.2. The number of morpholine rings is 1. The predicted octanol–water partition coefficient (Wildman–Crippen LogP) is 1.13. The van der Waals surface area contributed by atoms with Crippen molar-refractivity contribution in [1.82, 2.24) is 14.3 Å². The summed E-state index contributed by atoms with van der Waals surface area (Å²) in [5.74, 6) is 0.770. The zero-order valence-corrected chi connectivity index (χ0v) is 12.7. The van der Waals surface area contributed by atoms with Gasteiger partial charge < -0.3 is 15.0 Å². The van der Waals surface area contributed by atoms with E-state index in [1.165, 1.54) is 11.5 Å². The summed E-state index contributed by atoms with van der Waals surface area (Å²) in [4.78, 5) is 8.85. The number of nitrogens with one attached hydrogen (secondary N) is 1. The minimum atomic E-state index is 0.538. The highest BCUT2D eigenvalue weighted by atomic mass is 32.1. The van der Waals surface area contributed by atoms with Crippen LogP contribution < -0.4 is 10.2 Å². The van der Waals surface area contributed by atoms with Gasteiger partial charge in [-0.2, -0.15) is 9.36 Å². The standard InChI is InChI=1S/C12H23N5OS/c1-4-10(17-5-7-18-8-6-17)9-13-12-14-11(15-19-12)16(2)3/h10H,4-9H2,1-3H3,(H,13,14,15)/t10-/m1/s1. The topological polar surface area (TPSA) is 53.5 Å². The van der Waals surface area contributed by atoms with Gasteiger partial charge in [0.1, 0.15) is 0 Å². The molecule has 0 spiro atoms. The van der Waals surface area contributed by atoms with Gasteiger partial charge in [-0.1, -0.05) is 6.92 Å². The van der Waals surface area contributed by atoms with Gasteiger partial charge in [0.05, 0.1) is 13.2 Å². The first-order valence-electron chi connectivity index (χ1n) is 6.77. The van der Waals surface area contributed by atoms with E-state index in [-0.39, 0.29) is 0 Å². The second-order valence-electron chi connectivity index (χ2n) is 4.89. The molecule has 0 radical (unpaired) electrons. The number of hydrogen-bond acceptors (Lipinski definition) is 7. The van der Waals surface area contributed by atoms with Gasteiger partial charge in [0.25, 0.3) is 0 Å². The molecule has 1 aromatic heterocycles.